The second-order valence-corrected chi connectivity index (χ2v) is 5.61. The molecule has 1 atom stereocenters. The molecule has 5 heteroatoms. The van der Waals surface area contributed by atoms with Gasteiger partial charge in [0.25, 0.3) is 5.91 Å². The molecule has 0 bridgehead atoms. The van der Waals surface area contributed by atoms with Gasteiger partial charge in [0.15, 0.2) is 0 Å². The molecule has 20 heavy (non-hydrogen) atoms. The summed E-state index contributed by atoms with van der Waals surface area (Å²) in [6, 6.07) is 7.43. The molecule has 0 saturated heterocycles. The highest BCUT2D eigenvalue weighted by Crippen LogP contribution is 2.06. The molecule has 112 valence electrons. The van der Waals surface area contributed by atoms with Crippen LogP contribution in [-0.4, -0.2) is 55.7 Å². The van der Waals surface area contributed by atoms with E-state index in [9.17, 15) is 9.90 Å². The van der Waals surface area contributed by atoms with Gasteiger partial charge < -0.3 is 20.6 Å². The summed E-state index contributed by atoms with van der Waals surface area (Å²) in [5, 5.41) is 16.0. The molecule has 0 spiro atoms. The van der Waals surface area contributed by atoms with Crippen LogP contribution in [-0.2, 0) is 6.54 Å². The largest absolute Gasteiger partial charge is 0.388 e. The Bertz CT molecular complexity index is 427. The molecule has 0 fully saturated rings. The SMILES string of the molecule is CNC(=O)c1ccc(CNCC(C)(O)CN(C)C)cc1. The van der Waals surface area contributed by atoms with E-state index in [1.165, 1.54) is 0 Å². The number of nitrogens with one attached hydrogen (secondary N) is 2. The van der Waals surface area contributed by atoms with Crippen LogP contribution in [0, 0.1) is 0 Å². The summed E-state index contributed by atoms with van der Waals surface area (Å²) in [6.07, 6.45) is 0. The molecule has 1 aromatic rings. The van der Waals surface area contributed by atoms with Crippen LogP contribution in [0.2, 0.25) is 0 Å². The van der Waals surface area contributed by atoms with Crippen molar-refractivity contribution in [2.24, 2.45) is 0 Å². The Labute approximate surface area is 121 Å². The minimum atomic E-state index is -0.758. The molecule has 0 aliphatic carbocycles. The van der Waals surface area contributed by atoms with Gasteiger partial charge in [0.1, 0.15) is 0 Å². The molecular formula is C15H25N3O2. The van der Waals surface area contributed by atoms with Gasteiger partial charge in [-0.05, 0) is 38.7 Å². The molecule has 1 unspecified atom stereocenters. The Kier molecular flexibility index (Phi) is 6.13. The van der Waals surface area contributed by atoms with Gasteiger partial charge >= 0.3 is 0 Å². The lowest BCUT2D eigenvalue weighted by molar-refractivity contribution is 0.0336. The predicted octanol–water partition coefficient (Wildman–Crippen LogP) is 0.448. The lowest BCUT2D eigenvalue weighted by Crippen LogP contribution is -2.45. The molecule has 1 amide bonds. The van der Waals surface area contributed by atoms with E-state index in [0.717, 1.165) is 5.56 Å². The Morgan fingerprint density at radius 1 is 1.30 bits per heavy atom. The van der Waals surface area contributed by atoms with E-state index in [0.29, 0.717) is 25.2 Å². The van der Waals surface area contributed by atoms with E-state index in [1.807, 2.05) is 38.1 Å². The quantitative estimate of drug-likeness (QED) is 0.678. The van der Waals surface area contributed by atoms with Gasteiger partial charge in [-0.1, -0.05) is 12.1 Å². The summed E-state index contributed by atoms with van der Waals surface area (Å²) in [7, 11) is 5.49. The molecule has 0 radical (unpaired) electrons. The third-order valence-corrected chi connectivity index (χ3v) is 2.94. The van der Waals surface area contributed by atoms with Crippen LogP contribution in [0.25, 0.3) is 0 Å². The van der Waals surface area contributed by atoms with Crippen LogP contribution >= 0.6 is 0 Å². The topological polar surface area (TPSA) is 64.6 Å². The van der Waals surface area contributed by atoms with E-state index in [2.05, 4.69) is 10.6 Å². The van der Waals surface area contributed by atoms with Crippen molar-refractivity contribution in [1.82, 2.24) is 15.5 Å². The average Bonchev–Trinajstić information content (AvgIpc) is 2.37. The van der Waals surface area contributed by atoms with Gasteiger partial charge in [0.05, 0.1) is 5.60 Å². The first kappa shape index (κ1) is 16.6. The highest BCUT2D eigenvalue weighted by molar-refractivity contribution is 5.93. The van der Waals surface area contributed by atoms with Crippen molar-refractivity contribution in [1.29, 1.82) is 0 Å². The Balaban J connectivity index is 2.44. The third kappa shape index (κ3) is 5.69. The zero-order chi connectivity index (χ0) is 15.2. The van der Waals surface area contributed by atoms with E-state index in [-0.39, 0.29) is 5.91 Å². The van der Waals surface area contributed by atoms with E-state index in [4.69, 9.17) is 0 Å². The maximum atomic E-state index is 11.4. The zero-order valence-electron chi connectivity index (χ0n) is 12.7. The first-order valence-electron chi connectivity index (χ1n) is 6.73. The summed E-state index contributed by atoms with van der Waals surface area (Å²) in [5.41, 5.74) is 0.972. The summed E-state index contributed by atoms with van der Waals surface area (Å²) in [6.45, 7) is 3.60. The van der Waals surface area contributed by atoms with Crippen molar-refractivity contribution >= 4 is 5.91 Å². The van der Waals surface area contributed by atoms with Crippen molar-refractivity contribution in [2.45, 2.75) is 19.1 Å². The first-order chi connectivity index (χ1) is 9.34. The molecule has 1 aromatic carbocycles. The van der Waals surface area contributed by atoms with Crippen LogP contribution < -0.4 is 10.6 Å². The number of hydrogen-bond acceptors (Lipinski definition) is 4. The van der Waals surface area contributed by atoms with Crippen LogP contribution in [0.1, 0.15) is 22.8 Å². The molecule has 0 aliphatic rings. The van der Waals surface area contributed by atoms with Gasteiger partial charge in [-0.15, -0.1) is 0 Å². The van der Waals surface area contributed by atoms with Gasteiger partial charge in [-0.2, -0.15) is 0 Å². The molecule has 0 aromatic heterocycles. The number of nitrogens with zero attached hydrogens (tertiary/aromatic N) is 1. The molecule has 3 N–H and O–H groups in total. The van der Waals surface area contributed by atoms with Crippen molar-refractivity contribution in [3.05, 3.63) is 35.4 Å². The maximum absolute atomic E-state index is 11.4. The molecule has 1 rings (SSSR count). The van der Waals surface area contributed by atoms with Crippen molar-refractivity contribution < 1.29 is 9.90 Å². The highest BCUT2D eigenvalue weighted by atomic mass is 16.3. The summed E-state index contributed by atoms with van der Waals surface area (Å²) in [4.78, 5) is 13.4. The fourth-order valence-corrected chi connectivity index (χ4v) is 2.13. The van der Waals surface area contributed by atoms with Crippen molar-refractivity contribution in [3.63, 3.8) is 0 Å². The zero-order valence-corrected chi connectivity index (χ0v) is 12.7. The second kappa shape index (κ2) is 7.38. The molecule has 0 saturated carbocycles. The first-order valence-corrected chi connectivity index (χ1v) is 6.73. The number of carbonyl (C=O) groups is 1. The normalized spacial score (nSPS) is 14.1. The summed E-state index contributed by atoms with van der Waals surface area (Å²) in [5.74, 6) is -0.0848. The van der Waals surface area contributed by atoms with E-state index >= 15 is 0 Å². The highest BCUT2D eigenvalue weighted by Gasteiger charge is 2.20. The van der Waals surface area contributed by atoms with E-state index in [1.54, 1.807) is 19.2 Å². The van der Waals surface area contributed by atoms with Crippen LogP contribution in [0.4, 0.5) is 0 Å². The standard InChI is InChI=1S/C15H25N3O2/c1-15(20,11-18(3)4)10-17-9-12-5-7-13(8-6-12)14(19)16-2/h5-8,17,20H,9-11H2,1-4H3,(H,16,19). The van der Waals surface area contributed by atoms with Gasteiger partial charge in [-0.3, -0.25) is 4.79 Å². The number of hydrogen-bond donors (Lipinski definition) is 3. The number of carbonyl (C=O) groups excluding carboxylic acids is 1. The third-order valence-electron chi connectivity index (χ3n) is 2.94. The van der Waals surface area contributed by atoms with Gasteiger partial charge in [-0.25, -0.2) is 0 Å². The smallest absolute Gasteiger partial charge is 0.251 e. The summed E-state index contributed by atoms with van der Waals surface area (Å²) >= 11 is 0. The number of aliphatic hydroxyl groups is 1. The minimum Gasteiger partial charge on any atom is -0.388 e. The molecule has 0 aliphatic heterocycles. The average molecular weight is 279 g/mol. The Morgan fingerprint density at radius 2 is 1.90 bits per heavy atom. The maximum Gasteiger partial charge on any atom is 0.251 e. The Morgan fingerprint density at radius 3 is 2.40 bits per heavy atom. The fraction of sp³-hybridized carbons (Fsp3) is 0.533. The number of benzene rings is 1. The van der Waals surface area contributed by atoms with Crippen LogP contribution in [0.15, 0.2) is 24.3 Å². The minimum absolute atomic E-state index is 0.0848. The lowest BCUT2D eigenvalue weighted by atomic mass is 10.1. The lowest BCUT2D eigenvalue weighted by Gasteiger charge is -2.27. The number of amides is 1. The number of rotatable bonds is 7. The van der Waals surface area contributed by atoms with Crippen LogP contribution in [0.3, 0.4) is 0 Å². The number of likely N-dealkylation sites (N-methyl/N-ethyl adjacent to an activating group) is 1. The summed E-state index contributed by atoms with van der Waals surface area (Å²) < 4.78 is 0. The molecular weight excluding hydrogens is 254 g/mol. The molecule has 0 heterocycles. The van der Waals surface area contributed by atoms with Gasteiger partial charge in [0, 0.05) is 32.2 Å². The van der Waals surface area contributed by atoms with Crippen molar-refractivity contribution in [2.75, 3.05) is 34.2 Å². The van der Waals surface area contributed by atoms with Crippen molar-refractivity contribution in [3.8, 4) is 0 Å². The van der Waals surface area contributed by atoms with Crippen LogP contribution in [0.5, 0.6) is 0 Å². The molecule has 5 nitrogen and oxygen atoms in total. The Hall–Kier alpha value is -1.43. The van der Waals surface area contributed by atoms with E-state index < -0.39 is 5.60 Å². The monoisotopic (exact) mass is 279 g/mol. The predicted molar refractivity (Wildman–Crippen MR) is 80.7 cm³/mol. The van der Waals surface area contributed by atoms with Gasteiger partial charge in [0.2, 0.25) is 0 Å². The fourth-order valence-electron chi connectivity index (χ4n) is 2.13. The second-order valence-electron chi connectivity index (χ2n) is 5.61.